The first-order chi connectivity index (χ1) is 11.8. The molecule has 3 N–H and O–H groups in total. The molecule has 0 aromatic heterocycles. The first kappa shape index (κ1) is 21.7. The van der Waals surface area contributed by atoms with Crippen LogP contribution in [0.5, 0.6) is 0 Å². The Morgan fingerprint density at radius 1 is 1.24 bits per heavy atom. The molecular formula is C17H34N4O3S. The van der Waals surface area contributed by atoms with Gasteiger partial charge >= 0.3 is 0 Å². The van der Waals surface area contributed by atoms with Crippen molar-refractivity contribution >= 4 is 21.7 Å². The number of hydrogen-bond donors (Lipinski definition) is 3. The van der Waals surface area contributed by atoms with E-state index in [1.165, 1.54) is 25.5 Å². The van der Waals surface area contributed by atoms with Crippen molar-refractivity contribution in [2.45, 2.75) is 70.9 Å². The number of rotatable bonds is 9. The molecule has 146 valence electrons. The van der Waals surface area contributed by atoms with E-state index in [0.29, 0.717) is 37.9 Å². The zero-order valence-electron chi connectivity index (χ0n) is 15.8. The minimum Gasteiger partial charge on any atom is -0.357 e. The van der Waals surface area contributed by atoms with Crippen LogP contribution in [0.15, 0.2) is 4.99 Å². The number of guanidine groups is 1. The first-order valence-electron chi connectivity index (χ1n) is 9.32. The zero-order chi connectivity index (χ0) is 18.7. The van der Waals surface area contributed by atoms with E-state index in [1.54, 1.807) is 0 Å². The second kappa shape index (κ2) is 11.3. The van der Waals surface area contributed by atoms with Crippen LogP contribution in [0.25, 0.3) is 0 Å². The largest absolute Gasteiger partial charge is 0.357 e. The van der Waals surface area contributed by atoms with Gasteiger partial charge in [-0.3, -0.25) is 9.79 Å². The van der Waals surface area contributed by atoms with E-state index in [0.717, 1.165) is 12.8 Å². The molecule has 0 saturated heterocycles. The van der Waals surface area contributed by atoms with Crippen LogP contribution in [0.2, 0.25) is 0 Å². The highest BCUT2D eigenvalue weighted by atomic mass is 32.2. The van der Waals surface area contributed by atoms with Gasteiger partial charge in [0.15, 0.2) is 5.96 Å². The number of aliphatic imine (C=N–C) groups is 1. The Labute approximate surface area is 152 Å². The molecule has 0 bridgehead atoms. The van der Waals surface area contributed by atoms with Crippen molar-refractivity contribution in [3.8, 4) is 0 Å². The van der Waals surface area contributed by atoms with Crippen LogP contribution in [0.1, 0.15) is 58.8 Å². The maximum Gasteiger partial charge on any atom is 0.222 e. The molecule has 1 aliphatic rings. The molecule has 0 heterocycles. The van der Waals surface area contributed by atoms with Gasteiger partial charge in [0.2, 0.25) is 5.91 Å². The van der Waals surface area contributed by atoms with E-state index in [-0.39, 0.29) is 17.7 Å². The highest BCUT2D eigenvalue weighted by molar-refractivity contribution is 7.90. The number of amides is 1. The number of nitrogens with zero attached hydrogens (tertiary/aromatic N) is 1. The van der Waals surface area contributed by atoms with Crippen LogP contribution in [0.3, 0.4) is 0 Å². The summed E-state index contributed by atoms with van der Waals surface area (Å²) >= 11 is 0. The number of carbonyl (C=O) groups is 1. The van der Waals surface area contributed by atoms with Crippen molar-refractivity contribution in [3.63, 3.8) is 0 Å². The van der Waals surface area contributed by atoms with Gasteiger partial charge in [-0.1, -0.05) is 19.3 Å². The van der Waals surface area contributed by atoms with Crippen molar-refractivity contribution in [2.24, 2.45) is 4.99 Å². The second-order valence-corrected chi connectivity index (χ2v) is 9.14. The Morgan fingerprint density at radius 2 is 1.92 bits per heavy atom. The molecule has 1 fully saturated rings. The van der Waals surface area contributed by atoms with Crippen molar-refractivity contribution in [1.29, 1.82) is 0 Å². The summed E-state index contributed by atoms with van der Waals surface area (Å²) in [6.45, 7) is 5.01. The third-order valence-corrected chi connectivity index (χ3v) is 5.21. The standard InChI is InChI=1S/C17H34N4O3S/c1-4-18-17(20-14(2)11-13-25(3,23)24)19-12-10-16(22)21-15-8-6-5-7-9-15/h14-15H,4-13H2,1-3H3,(H,21,22)(H2,18,19,20). The maximum absolute atomic E-state index is 12.0. The molecule has 0 aliphatic heterocycles. The van der Waals surface area contributed by atoms with Crippen molar-refractivity contribution in [3.05, 3.63) is 0 Å². The lowest BCUT2D eigenvalue weighted by molar-refractivity contribution is -0.121. The lowest BCUT2D eigenvalue weighted by Crippen LogP contribution is -2.43. The van der Waals surface area contributed by atoms with Crippen LogP contribution in [-0.4, -0.2) is 57.5 Å². The average molecular weight is 375 g/mol. The van der Waals surface area contributed by atoms with Gasteiger partial charge in [-0.2, -0.15) is 0 Å². The van der Waals surface area contributed by atoms with Gasteiger partial charge in [-0.05, 0) is 33.1 Å². The smallest absolute Gasteiger partial charge is 0.222 e. The van der Waals surface area contributed by atoms with E-state index in [2.05, 4.69) is 20.9 Å². The number of hydrogen-bond acceptors (Lipinski definition) is 4. The van der Waals surface area contributed by atoms with Crippen molar-refractivity contribution < 1.29 is 13.2 Å². The number of sulfone groups is 1. The summed E-state index contributed by atoms with van der Waals surface area (Å²) < 4.78 is 22.5. The summed E-state index contributed by atoms with van der Waals surface area (Å²) in [6, 6.07) is 0.316. The lowest BCUT2D eigenvalue weighted by Gasteiger charge is -2.22. The van der Waals surface area contributed by atoms with Gasteiger partial charge in [-0.25, -0.2) is 8.42 Å². The maximum atomic E-state index is 12.0. The summed E-state index contributed by atoms with van der Waals surface area (Å²) in [5, 5.41) is 9.40. The minimum absolute atomic E-state index is 0.0106. The zero-order valence-corrected chi connectivity index (χ0v) is 16.6. The molecule has 0 aromatic rings. The fourth-order valence-corrected chi connectivity index (χ4v) is 3.61. The van der Waals surface area contributed by atoms with Gasteiger partial charge in [0, 0.05) is 31.3 Å². The Kier molecular flexibility index (Phi) is 9.85. The molecule has 0 aromatic carbocycles. The van der Waals surface area contributed by atoms with Gasteiger partial charge in [-0.15, -0.1) is 0 Å². The monoisotopic (exact) mass is 374 g/mol. The average Bonchev–Trinajstić information content (AvgIpc) is 2.53. The SMILES string of the molecule is CCNC(=NCCC(=O)NC1CCCCC1)NC(C)CCS(C)(=O)=O. The van der Waals surface area contributed by atoms with E-state index >= 15 is 0 Å². The molecule has 0 radical (unpaired) electrons. The lowest BCUT2D eigenvalue weighted by atomic mass is 9.95. The fraction of sp³-hybridized carbons (Fsp3) is 0.882. The molecule has 1 rings (SSSR count). The Bertz CT molecular complexity index is 528. The predicted octanol–water partition coefficient (Wildman–Crippen LogP) is 1.20. The minimum atomic E-state index is -2.96. The number of nitrogens with one attached hydrogen (secondary N) is 3. The summed E-state index contributed by atoms with van der Waals surface area (Å²) in [7, 11) is -2.96. The molecule has 0 spiro atoms. The summed E-state index contributed by atoms with van der Waals surface area (Å²) in [5.74, 6) is 0.815. The quantitative estimate of drug-likeness (QED) is 0.416. The van der Waals surface area contributed by atoms with Crippen molar-refractivity contribution in [2.75, 3.05) is 25.1 Å². The highest BCUT2D eigenvalue weighted by Gasteiger charge is 2.15. The van der Waals surface area contributed by atoms with Crippen molar-refractivity contribution in [1.82, 2.24) is 16.0 Å². The molecule has 1 amide bonds. The molecule has 8 heteroatoms. The topological polar surface area (TPSA) is 99.7 Å². The first-order valence-corrected chi connectivity index (χ1v) is 11.4. The third-order valence-electron chi connectivity index (χ3n) is 4.23. The molecular weight excluding hydrogens is 340 g/mol. The molecule has 25 heavy (non-hydrogen) atoms. The van der Waals surface area contributed by atoms with Crippen LogP contribution in [0.4, 0.5) is 0 Å². The molecule has 1 saturated carbocycles. The van der Waals surface area contributed by atoms with Crippen LogP contribution < -0.4 is 16.0 Å². The van der Waals surface area contributed by atoms with E-state index in [9.17, 15) is 13.2 Å². The highest BCUT2D eigenvalue weighted by Crippen LogP contribution is 2.17. The Hall–Kier alpha value is -1.31. The van der Waals surface area contributed by atoms with Gasteiger partial charge in [0.05, 0.1) is 12.3 Å². The predicted molar refractivity (Wildman–Crippen MR) is 103 cm³/mol. The van der Waals surface area contributed by atoms with Crippen LogP contribution in [0, 0.1) is 0 Å². The Balaban J connectivity index is 2.36. The Morgan fingerprint density at radius 3 is 2.52 bits per heavy atom. The van der Waals surface area contributed by atoms with Crippen LogP contribution >= 0.6 is 0 Å². The molecule has 7 nitrogen and oxygen atoms in total. The van der Waals surface area contributed by atoms with Gasteiger partial charge < -0.3 is 16.0 Å². The summed E-state index contributed by atoms with van der Waals surface area (Å²) in [5.41, 5.74) is 0. The summed E-state index contributed by atoms with van der Waals surface area (Å²) in [4.78, 5) is 16.4. The second-order valence-electron chi connectivity index (χ2n) is 6.88. The molecule has 1 unspecified atom stereocenters. The van der Waals surface area contributed by atoms with E-state index in [1.807, 2.05) is 13.8 Å². The fourth-order valence-electron chi connectivity index (χ4n) is 2.83. The summed E-state index contributed by atoms with van der Waals surface area (Å²) in [6.07, 6.45) is 7.95. The van der Waals surface area contributed by atoms with E-state index in [4.69, 9.17) is 0 Å². The normalized spacial score (nSPS) is 17.8. The van der Waals surface area contributed by atoms with Crippen LogP contribution in [-0.2, 0) is 14.6 Å². The van der Waals surface area contributed by atoms with E-state index < -0.39 is 9.84 Å². The van der Waals surface area contributed by atoms with Gasteiger partial charge in [0.1, 0.15) is 9.84 Å². The van der Waals surface area contributed by atoms with Gasteiger partial charge in [0.25, 0.3) is 0 Å². The third kappa shape index (κ3) is 11.0. The number of carbonyl (C=O) groups excluding carboxylic acids is 1. The molecule has 1 atom stereocenters. The molecule has 1 aliphatic carbocycles.